The summed E-state index contributed by atoms with van der Waals surface area (Å²) in [5.41, 5.74) is 1.87. The minimum atomic E-state index is -0.487. The molecule has 0 unspecified atom stereocenters. The summed E-state index contributed by atoms with van der Waals surface area (Å²) in [5, 5.41) is 8.81. The van der Waals surface area contributed by atoms with Gasteiger partial charge in [-0.3, -0.25) is 0 Å². The van der Waals surface area contributed by atoms with Crippen molar-refractivity contribution in [3.8, 4) is 0 Å². The van der Waals surface area contributed by atoms with Gasteiger partial charge >= 0.3 is 0 Å². The van der Waals surface area contributed by atoms with Crippen molar-refractivity contribution in [1.29, 1.82) is 0 Å². The summed E-state index contributed by atoms with van der Waals surface area (Å²) in [7, 11) is 0. The summed E-state index contributed by atoms with van der Waals surface area (Å²) < 4.78 is 13.2. The van der Waals surface area contributed by atoms with Crippen molar-refractivity contribution in [2.24, 2.45) is 0 Å². The summed E-state index contributed by atoms with van der Waals surface area (Å²) in [6.45, 7) is 9.29. The van der Waals surface area contributed by atoms with Crippen LogP contribution in [-0.4, -0.2) is 39.8 Å². The lowest BCUT2D eigenvalue weighted by Crippen LogP contribution is -2.45. The minimum absolute atomic E-state index is 0.136. The summed E-state index contributed by atoms with van der Waals surface area (Å²) in [5.74, 6) is -0.487. The lowest BCUT2D eigenvalue weighted by atomic mass is 10.2. The van der Waals surface area contributed by atoms with Crippen LogP contribution in [0.2, 0.25) is 0 Å². The van der Waals surface area contributed by atoms with Crippen LogP contribution in [-0.2, 0) is 9.47 Å². The SMILES string of the molecule is CC(C)n1ncc2cc(NC3COC(C)(C)OC3)cnc21. The summed E-state index contributed by atoms with van der Waals surface area (Å²) in [6, 6.07) is 2.50. The molecule has 0 radical (unpaired) electrons. The first-order chi connectivity index (χ1) is 9.94. The van der Waals surface area contributed by atoms with Crippen LogP contribution in [0.3, 0.4) is 0 Å². The number of rotatable bonds is 3. The fourth-order valence-electron chi connectivity index (χ4n) is 2.41. The normalized spacial score (nSPS) is 19.3. The first-order valence-electron chi connectivity index (χ1n) is 7.32. The Morgan fingerprint density at radius 2 is 2.00 bits per heavy atom. The van der Waals surface area contributed by atoms with Gasteiger partial charge < -0.3 is 14.8 Å². The van der Waals surface area contributed by atoms with Crippen molar-refractivity contribution in [1.82, 2.24) is 14.8 Å². The van der Waals surface area contributed by atoms with Gasteiger partial charge in [0.05, 0.1) is 37.3 Å². The number of anilines is 1. The highest BCUT2D eigenvalue weighted by Crippen LogP contribution is 2.22. The molecule has 1 aliphatic heterocycles. The number of fused-ring (bicyclic) bond motifs is 1. The van der Waals surface area contributed by atoms with E-state index < -0.39 is 5.79 Å². The van der Waals surface area contributed by atoms with E-state index in [1.54, 1.807) is 0 Å². The Bertz CT molecular complexity index is 626. The van der Waals surface area contributed by atoms with E-state index in [0.29, 0.717) is 19.3 Å². The van der Waals surface area contributed by atoms with Crippen molar-refractivity contribution in [3.63, 3.8) is 0 Å². The molecule has 3 rings (SSSR count). The van der Waals surface area contributed by atoms with Gasteiger partial charge in [0.25, 0.3) is 0 Å². The molecule has 6 heteroatoms. The maximum atomic E-state index is 5.65. The third-order valence-corrected chi connectivity index (χ3v) is 3.56. The number of ether oxygens (including phenoxy) is 2. The zero-order valence-corrected chi connectivity index (χ0v) is 13.0. The smallest absolute Gasteiger partial charge is 0.162 e. The topological polar surface area (TPSA) is 61.2 Å². The Morgan fingerprint density at radius 1 is 1.29 bits per heavy atom. The molecular formula is C15H22N4O2. The van der Waals surface area contributed by atoms with Gasteiger partial charge in [-0.1, -0.05) is 0 Å². The molecule has 21 heavy (non-hydrogen) atoms. The largest absolute Gasteiger partial charge is 0.376 e. The Balaban J connectivity index is 1.74. The first-order valence-corrected chi connectivity index (χ1v) is 7.32. The van der Waals surface area contributed by atoms with Crippen molar-refractivity contribution >= 4 is 16.7 Å². The summed E-state index contributed by atoms with van der Waals surface area (Å²) in [4.78, 5) is 4.51. The molecule has 0 saturated carbocycles. The van der Waals surface area contributed by atoms with Crippen LogP contribution in [0.25, 0.3) is 11.0 Å². The van der Waals surface area contributed by atoms with Gasteiger partial charge in [0.15, 0.2) is 11.4 Å². The van der Waals surface area contributed by atoms with Gasteiger partial charge in [-0.05, 0) is 33.8 Å². The van der Waals surface area contributed by atoms with E-state index in [9.17, 15) is 0 Å². The van der Waals surface area contributed by atoms with E-state index in [1.807, 2.05) is 30.9 Å². The van der Waals surface area contributed by atoms with E-state index in [0.717, 1.165) is 16.7 Å². The predicted molar refractivity (Wildman–Crippen MR) is 81.3 cm³/mol. The molecule has 1 fully saturated rings. The number of aromatic nitrogens is 3. The molecule has 0 spiro atoms. The molecule has 1 aliphatic rings. The predicted octanol–water partition coefficient (Wildman–Crippen LogP) is 2.58. The third kappa shape index (κ3) is 3.01. The number of hydrogen-bond acceptors (Lipinski definition) is 5. The zero-order chi connectivity index (χ0) is 15.0. The first kappa shape index (κ1) is 14.3. The molecule has 0 bridgehead atoms. The fraction of sp³-hybridized carbons (Fsp3) is 0.600. The van der Waals surface area contributed by atoms with Crippen LogP contribution < -0.4 is 5.32 Å². The Labute approximate surface area is 124 Å². The Hall–Kier alpha value is -1.66. The standard InChI is InChI=1S/C15H22N4O2/c1-10(2)19-14-11(6-17-19)5-12(7-16-14)18-13-8-20-15(3,4)21-9-13/h5-7,10,13,18H,8-9H2,1-4H3. The molecule has 1 saturated heterocycles. The summed E-state index contributed by atoms with van der Waals surface area (Å²) in [6.07, 6.45) is 3.69. The van der Waals surface area contributed by atoms with Crippen LogP contribution in [0.5, 0.6) is 0 Å². The van der Waals surface area contributed by atoms with Crippen molar-refractivity contribution in [2.75, 3.05) is 18.5 Å². The number of pyridine rings is 1. The lowest BCUT2D eigenvalue weighted by molar-refractivity contribution is -0.247. The molecule has 3 heterocycles. The third-order valence-electron chi connectivity index (χ3n) is 3.56. The minimum Gasteiger partial charge on any atom is -0.376 e. The monoisotopic (exact) mass is 290 g/mol. The van der Waals surface area contributed by atoms with E-state index in [4.69, 9.17) is 9.47 Å². The molecule has 1 N–H and O–H groups in total. The van der Waals surface area contributed by atoms with Gasteiger partial charge in [0.2, 0.25) is 0 Å². The van der Waals surface area contributed by atoms with E-state index >= 15 is 0 Å². The average molecular weight is 290 g/mol. The van der Waals surface area contributed by atoms with Crippen LogP contribution in [0, 0.1) is 0 Å². The molecule has 0 aromatic carbocycles. The van der Waals surface area contributed by atoms with Crippen LogP contribution in [0.15, 0.2) is 18.5 Å². The van der Waals surface area contributed by atoms with E-state index in [1.165, 1.54) is 0 Å². The van der Waals surface area contributed by atoms with Gasteiger partial charge in [-0.2, -0.15) is 5.10 Å². The molecular weight excluding hydrogens is 268 g/mol. The molecule has 0 atom stereocenters. The summed E-state index contributed by atoms with van der Waals surface area (Å²) >= 11 is 0. The second-order valence-corrected chi connectivity index (χ2v) is 6.18. The van der Waals surface area contributed by atoms with Crippen molar-refractivity contribution in [2.45, 2.75) is 45.6 Å². The second-order valence-electron chi connectivity index (χ2n) is 6.18. The Kier molecular flexibility index (Phi) is 3.59. The van der Waals surface area contributed by atoms with Gasteiger partial charge in [0.1, 0.15) is 0 Å². The highest BCUT2D eigenvalue weighted by Gasteiger charge is 2.28. The van der Waals surface area contributed by atoms with E-state index in [-0.39, 0.29) is 6.04 Å². The number of nitrogens with one attached hydrogen (secondary N) is 1. The average Bonchev–Trinajstić information content (AvgIpc) is 2.84. The van der Waals surface area contributed by atoms with Crippen molar-refractivity contribution < 1.29 is 9.47 Å². The van der Waals surface area contributed by atoms with Crippen molar-refractivity contribution in [3.05, 3.63) is 18.5 Å². The van der Waals surface area contributed by atoms with Crippen LogP contribution in [0.4, 0.5) is 5.69 Å². The number of nitrogens with zero attached hydrogens (tertiary/aromatic N) is 3. The molecule has 0 aliphatic carbocycles. The molecule has 2 aromatic heterocycles. The van der Waals surface area contributed by atoms with Gasteiger partial charge in [0, 0.05) is 11.4 Å². The second kappa shape index (κ2) is 5.27. The van der Waals surface area contributed by atoms with Gasteiger partial charge in [-0.15, -0.1) is 0 Å². The molecule has 114 valence electrons. The molecule has 0 amide bonds. The molecule has 2 aromatic rings. The maximum absolute atomic E-state index is 5.65. The highest BCUT2D eigenvalue weighted by atomic mass is 16.7. The molecule has 6 nitrogen and oxygen atoms in total. The van der Waals surface area contributed by atoms with Crippen LogP contribution >= 0.6 is 0 Å². The number of hydrogen-bond donors (Lipinski definition) is 1. The maximum Gasteiger partial charge on any atom is 0.162 e. The van der Waals surface area contributed by atoms with Gasteiger partial charge in [-0.25, -0.2) is 9.67 Å². The van der Waals surface area contributed by atoms with Crippen LogP contribution in [0.1, 0.15) is 33.7 Å². The Morgan fingerprint density at radius 3 is 2.67 bits per heavy atom. The zero-order valence-electron chi connectivity index (χ0n) is 13.0. The van der Waals surface area contributed by atoms with E-state index in [2.05, 4.69) is 35.3 Å². The highest BCUT2D eigenvalue weighted by molar-refractivity contribution is 5.78. The quantitative estimate of drug-likeness (QED) is 0.941. The fourth-order valence-corrected chi connectivity index (χ4v) is 2.41. The lowest BCUT2D eigenvalue weighted by Gasteiger charge is -2.35.